The number of rotatable bonds is 4. The summed E-state index contributed by atoms with van der Waals surface area (Å²) in [6, 6.07) is 9.82. The molecular weight excluding hydrogens is 344 g/mol. The summed E-state index contributed by atoms with van der Waals surface area (Å²) >= 11 is 1.61. The van der Waals surface area contributed by atoms with E-state index in [1.165, 1.54) is 25.0 Å². The first kappa shape index (κ1) is 15.4. The largest absolute Gasteiger partial charge is 0.507 e. The number of fused-ring (bicyclic) bond motifs is 1. The van der Waals surface area contributed by atoms with E-state index in [1.54, 1.807) is 36.5 Å². The van der Waals surface area contributed by atoms with Gasteiger partial charge >= 0.3 is 0 Å². The molecule has 1 fully saturated rings. The van der Waals surface area contributed by atoms with E-state index >= 15 is 0 Å². The molecule has 2 aromatic carbocycles. The topological polar surface area (TPSA) is 79.3 Å². The number of benzene rings is 2. The quantitative estimate of drug-likeness (QED) is 0.737. The average molecular weight is 360 g/mol. The van der Waals surface area contributed by atoms with Crippen LogP contribution in [-0.4, -0.2) is 18.5 Å². The number of aryl methyl sites for hydroxylation is 1. The van der Waals surface area contributed by atoms with Crippen molar-refractivity contribution in [1.82, 2.24) is 4.98 Å². The summed E-state index contributed by atoms with van der Waals surface area (Å²) in [5.74, 6) is 0.315. The first-order valence-electron chi connectivity index (χ1n) is 7.65. The monoisotopic (exact) mass is 360 g/mol. The lowest BCUT2D eigenvalue weighted by Gasteiger charge is -2.10. The van der Waals surface area contributed by atoms with Gasteiger partial charge in [-0.05, 0) is 55.7 Å². The lowest BCUT2D eigenvalue weighted by molar-refractivity contribution is 0.459. The number of aromatic hydroxyl groups is 1. The van der Waals surface area contributed by atoms with E-state index in [1.807, 2.05) is 6.07 Å². The molecule has 1 aliphatic rings. The Kier molecular flexibility index (Phi) is 3.51. The normalized spacial score (nSPS) is 14.9. The van der Waals surface area contributed by atoms with E-state index in [0.717, 1.165) is 20.8 Å². The summed E-state index contributed by atoms with van der Waals surface area (Å²) in [5.41, 5.74) is 2.12. The number of thiazole rings is 1. The van der Waals surface area contributed by atoms with Crippen LogP contribution in [0.25, 0.3) is 10.2 Å². The number of anilines is 1. The molecule has 0 saturated heterocycles. The van der Waals surface area contributed by atoms with Crippen LogP contribution >= 0.6 is 11.3 Å². The third-order valence-electron chi connectivity index (χ3n) is 3.99. The van der Waals surface area contributed by atoms with Gasteiger partial charge in [0.15, 0.2) is 0 Å². The van der Waals surface area contributed by atoms with Crippen molar-refractivity contribution in [3.8, 4) is 5.75 Å². The summed E-state index contributed by atoms with van der Waals surface area (Å²) in [6.07, 6.45) is 2.37. The van der Waals surface area contributed by atoms with Crippen molar-refractivity contribution in [3.05, 3.63) is 47.0 Å². The van der Waals surface area contributed by atoms with Gasteiger partial charge in [-0.1, -0.05) is 6.07 Å². The van der Waals surface area contributed by atoms with E-state index in [9.17, 15) is 13.5 Å². The predicted octanol–water partition coefficient (Wildman–Crippen LogP) is 3.99. The summed E-state index contributed by atoms with van der Waals surface area (Å²) < 4.78 is 28.6. The van der Waals surface area contributed by atoms with Crippen molar-refractivity contribution in [1.29, 1.82) is 0 Å². The van der Waals surface area contributed by atoms with E-state index in [0.29, 0.717) is 11.6 Å². The fraction of sp³-hybridized carbons (Fsp3) is 0.235. The van der Waals surface area contributed by atoms with Crippen molar-refractivity contribution in [2.75, 3.05) is 4.72 Å². The van der Waals surface area contributed by atoms with Crippen LogP contribution in [0.4, 0.5) is 5.69 Å². The van der Waals surface area contributed by atoms with Crippen LogP contribution < -0.4 is 4.72 Å². The second-order valence-corrected chi connectivity index (χ2v) is 8.80. The first-order chi connectivity index (χ1) is 11.4. The Balaban J connectivity index is 1.68. The molecule has 1 saturated carbocycles. The van der Waals surface area contributed by atoms with E-state index in [2.05, 4.69) is 9.71 Å². The average Bonchev–Trinajstić information content (AvgIpc) is 3.29. The lowest BCUT2D eigenvalue weighted by Crippen LogP contribution is -2.13. The third-order valence-corrected chi connectivity index (χ3v) is 6.58. The van der Waals surface area contributed by atoms with Gasteiger partial charge in [-0.25, -0.2) is 13.4 Å². The van der Waals surface area contributed by atoms with Gasteiger partial charge < -0.3 is 5.11 Å². The summed E-state index contributed by atoms with van der Waals surface area (Å²) in [5, 5.41) is 11.0. The van der Waals surface area contributed by atoms with Crippen molar-refractivity contribution in [3.63, 3.8) is 0 Å². The molecule has 24 heavy (non-hydrogen) atoms. The van der Waals surface area contributed by atoms with Crippen molar-refractivity contribution in [2.24, 2.45) is 0 Å². The van der Waals surface area contributed by atoms with Gasteiger partial charge in [0.2, 0.25) is 0 Å². The van der Waals surface area contributed by atoms with E-state index in [-0.39, 0.29) is 10.6 Å². The molecule has 1 aromatic heterocycles. The Hall–Kier alpha value is -2.12. The molecule has 0 atom stereocenters. The molecule has 1 heterocycles. The number of hydrogen-bond acceptors (Lipinski definition) is 5. The fourth-order valence-electron chi connectivity index (χ4n) is 2.56. The predicted molar refractivity (Wildman–Crippen MR) is 95.2 cm³/mol. The molecule has 7 heteroatoms. The van der Waals surface area contributed by atoms with Crippen LogP contribution in [0.2, 0.25) is 0 Å². The van der Waals surface area contributed by atoms with Crippen LogP contribution in [0, 0.1) is 6.92 Å². The molecule has 124 valence electrons. The summed E-state index contributed by atoms with van der Waals surface area (Å²) in [4.78, 5) is 4.48. The number of phenols is 1. The van der Waals surface area contributed by atoms with Crippen molar-refractivity contribution < 1.29 is 13.5 Å². The first-order valence-corrected chi connectivity index (χ1v) is 9.95. The number of hydrogen-bond donors (Lipinski definition) is 2. The fourth-order valence-corrected chi connectivity index (χ4v) is 4.97. The van der Waals surface area contributed by atoms with E-state index < -0.39 is 10.0 Å². The number of nitrogens with zero attached hydrogens (tertiary/aromatic N) is 1. The second-order valence-electron chi connectivity index (χ2n) is 6.09. The van der Waals surface area contributed by atoms with Crippen LogP contribution in [0.5, 0.6) is 5.75 Å². The molecule has 5 nitrogen and oxygen atoms in total. The molecule has 2 N–H and O–H groups in total. The minimum atomic E-state index is -3.85. The van der Waals surface area contributed by atoms with Crippen LogP contribution in [0.1, 0.15) is 29.3 Å². The van der Waals surface area contributed by atoms with Crippen molar-refractivity contribution >= 4 is 37.3 Å². The summed E-state index contributed by atoms with van der Waals surface area (Å²) in [7, 11) is -3.85. The molecule has 4 rings (SSSR count). The highest BCUT2D eigenvalue weighted by atomic mass is 32.2. The molecule has 0 unspecified atom stereocenters. The molecule has 0 amide bonds. The highest BCUT2D eigenvalue weighted by Gasteiger charge is 2.27. The van der Waals surface area contributed by atoms with Gasteiger partial charge in [0.05, 0.1) is 20.9 Å². The maximum absolute atomic E-state index is 12.6. The minimum Gasteiger partial charge on any atom is -0.507 e. The van der Waals surface area contributed by atoms with E-state index in [4.69, 9.17) is 0 Å². The van der Waals surface area contributed by atoms with Gasteiger partial charge in [-0.15, -0.1) is 11.3 Å². The van der Waals surface area contributed by atoms with Gasteiger partial charge in [0.1, 0.15) is 10.6 Å². The molecule has 0 spiro atoms. The smallest absolute Gasteiger partial charge is 0.265 e. The number of nitrogens with one attached hydrogen (secondary N) is 1. The Morgan fingerprint density at radius 1 is 1.21 bits per heavy atom. The molecule has 0 bridgehead atoms. The Bertz CT molecular complexity index is 1040. The summed E-state index contributed by atoms with van der Waals surface area (Å²) in [6.45, 7) is 1.78. The highest BCUT2D eigenvalue weighted by Crippen LogP contribution is 2.43. The second kappa shape index (κ2) is 5.46. The zero-order valence-electron chi connectivity index (χ0n) is 13.0. The van der Waals surface area contributed by atoms with Crippen LogP contribution in [0.3, 0.4) is 0 Å². The number of sulfonamides is 1. The maximum atomic E-state index is 12.6. The maximum Gasteiger partial charge on any atom is 0.265 e. The zero-order chi connectivity index (χ0) is 16.9. The molecule has 1 aliphatic carbocycles. The zero-order valence-corrected chi connectivity index (χ0v) is 14.6. The van der Waals surface area contributed by atoms with Gasteiger partial charge in [-0.2, -0.15) is 0 Å². The Labute approximate surface area is 144 Å². The van der Waals surface area contributed by atoms with Crippen molar-refractivity contribution in [2.45, 2.75) is 30.6 Å². The molecule has 3 aromatic rings. The highest BCUT2D eigenvalue weighted by molar-refractivity contribution is 7.92. The Morgan fingerprint density at radius 3 is 2.75 bits per heavy atom. The number of aromatic nitrogens is 1. The standard InChI is InChI=1S/C17H16N2O3S2/c1-10-2-7-14(20)16(8-10)24(21,22)19-12-5-6-13-15(9-12)23-17(18-13)11-3-4-11/h2,5-9,11,19-20H,3-4H2,1H3. The number of phenolic OH excluding ortho intramolecular Hbond substituents is 1. The SMILES string of the molecule is Cc1ccc(O)c(S(=O)(=O)Nc2ccc3nc(C4CC4)sc3c2)c1. The lowest BCUT2D eigenvalue weighted by atomic mass is 10.2. The van der Waals surface area contributed by atoms with Gasteiger partial charge in [0, 0.05) is 5.92 Å². The van der Waals surface area contributed by atoms with Gasteiger partial charge in [0.25, 0.3) is 10.0 Å². The minimum absolute atomic E-state index is 0.120. The molecular formula is C17H16N2O3S2. The van der Waals surface area contributed by atoms with Crippen LogP contribution in [-0.2, 0) is 10.0 Å². The third kappa shape index (κ3) is 2.85. The van der Waals surface area contributed by atoms with Crippen LogP contribution in [0.15, 0.2) is 41.3 Å². The van der Waals surface area contributed by atoms with Gasteiger partial charge in [-0.3, -0.25) is 4.72 Å². The Morgan fingerprint density at radius 2 is 2.00 bits per heavy atom. The molecule has 0 aliphatic heterocycles. The molecule has 0 radical (unpaired) electrons.